The van der Waals surface area contributed by atoms with Crippen molar-refractivity contribution in [3.05, 3.63) is 36.4 Å². The van der Waals surface area contributed by atoms with Gasteiger partial charge in [0.05, 0.1) is 13.0 Å². The van der Waals surface area contributed by atoms with Crippen molar-refractivity contribution in [2.75, 3.05) is 38.2 Å². The second-order valence-electron chi connectivity index (χ2n) is 10.9. The number of anilines is 1. The number of rotatable bonds is 4. The second kappa shape index (κ2) is 8.40. The molecule has 0 spiro atoms. The third kappa shape index (κ3) is 3.83. The zero-order valence-corrected chi connectivity index (χ0v) is 19.9. The summed E-state index contributed by atoms with van der Waals surface area (Å²) < 4.78 is 11.4. The molecule has 0 aromatic heterocycles. The first-order valence-corrected chi connectivity index (χ1v) is 12.4. The first kappa shape index (κ1) is 21.8. The van der Waals surface area contributed by atoms with Crippen LogP contribution in [0, 0.1) is 23.2 Å². The molecule has 5 nitrogen and oxygen atoms in total. The minimum absolute atomic E-state index is 0.00912. The first-order valence-electron chi connectivity index (χ1n) is 12.4. The van der Waals surface area contributed by atoms with Crippen molar-refractivity contribution >= 4 is 11.7 Å². The summed E-state index contributed by atoms with van der Waals surface area (Å²) in [6.45, 7) is 12.8. The van der Waals surface area contributed by atoms with Gasteiger partial charge in [-0.2, -0.15) is 0 Å². The highest BCUT2D eigenvalue weighted by Crippen LogP contribution is 2.57. The molecule has 2 saturated carbocycles. The lowest BCUT2D eigenvalue weighted by Gasteiger charge is -2.50. The molecule has 4 fully saturated rings. The van der Waals surface area contributed by atoms with Gasteiger partial charge in [-0.1, -0.05) is 25.1 Å². The molecule has 0 unspecified atom stereocenters. The van der Waals surface area contributed by atoms with Crippen LogP contribution in [-0.2, 0) is 9.53 Å². The van der Waals surface area contributed by atoms with E-state index in [0.717, 1.165) is 51.2 Å². The lowest BCUT2D eigenvalue weighted by atomic mass is 9.55. The van der Waals surface area contributed by atoms with E-state index in [1.807, 2.05) is 6.07 Å². The molecular weight excluding hydrogens is 400 g/mol. The Kier molecular flexibility index (Phi) is 5.73. The molecule has 2 aliphatic heterocycles. The first-order chi connectivity index (χ1) is 15.4. The van der Waals surface area contributed by atoms with E-state index in [-0.39, 0.29) is 23.4 Å². The van der Waals surface area contributed by atoms with Crippen LogP contribution in [0.1, 0.15) is 46.0 Å². The third-order valence-corrected chi connectivity index (χ3v) is 8.87. The topological polar surface area (TPSA) is 42.0 Å². The fourth-order valence-corrected chi connectivity index (χ4v) is 7.11. The van der Waals surface area contributed by atoms with E-state index in [9.17, 15) is 4.79 Å². The smallest absolute Gasteiger partial charge is 0.310 e. The van der Waals surface area contributed by atoms with Crippen LogP contribution in [0.4, 0.5) is 5.69 Å². The van der Waals surface area contributed by atoms with Crippen molar-refractivity contribution in [3.63, 3.8) is 0 Å². The number of carbonyl (C=O) groups excluding carboxylic acids is 1. The Balaban J connectivity index is 1.25. The number of allylic oxidation sites excluding steroid dienone is 1. The van der Waals surface area contributed by atoms with Gasteiger partial charge in [-0.3, -0.25) is 9.69 Å². The van der Waals surface area contributed by atoms with E-state index in [4.69, 9.17) is 9.47 Å². The van der Waals surface area contributed by atoms with Crippen LogP contribution in [0.25, 0.3) is 0 Å². The van der Waals surface area contributed by atoms with Gasteiger partial charge >= 0.3 is 5.97 Å². The predicted octanol–water partition coefficient (Wildman–Crippen LogP) is 4.52. The van der Waals surface area contributed by atoms with E-state index < -0.39 is 0 Å². The van der Waals surface area contributed by atoms with Gasteiger partial charge in [0.2, 0.25) is 0 Å². The van der Waals surface area contributed by atoms with Gasteiger partial charge in [-0.25, -0.2) is 0 Å². The fraction of sp³-hybridized carbons (Fsp3) is 0.667. The van der Waals surface area contributed by atoms with Crippen LogP contribution in [0.5, 0.6) is 5.75 Å². The quantitative estimate of drug-likeness (QED) is 0.511. The number of hydrogen-bond donors (Lipinski definition) is 0. The Hall–Kier alpha value is -2.01. The Morgan fingerprint density at radius 2 is 2.16 bits per heavy atom. The average Bonchev–Trinajstić information content (AvgIpc) is 3.06. The number of methoxy groups -OCH3 is 1. The van der Waals surface area contributed by atoms with Gasteiger partial charge in [0.25, 0.3) is 0 Å². The standard InChI is InChI=1S/C27H38N2O3/c1-18-7-6-10-27(3)15-25-22(14-24(18)27)23(26(30)32-25)17-28-11-12-29(19(2)16-28)20-8-5-9-21(13-20)31-4/h5,8-9,13,19,22-25H,1,6-7,10-12,14-17H2,2-4H3/t19-,22-,23+,24-,25-,27-/m1/s1. The van der Waals surface area contributed by atoms with E-state index in [0.29, 0.717) is 17.9 Å². The molecule has 6 atom stereocenters. The third-order valence-electron chi connectivity index (χ3n) is 8.87. The summed E-state index contributed by atoms with van der Waals surface area (Å²) in [7, 11) is 1.71. The second-order valence-corrected chi connectivity index (χ2v) is 10.9. The van der Waals surface area contributed by atoms with Gasteiger partial charge < -0.3 is 14.4 Å². The molecule has 2 aliphatic carbocycles. The number of piperazine rings is 1. The molecule has 0 N–H and O–H groups in total. The molecule has 1 aromatic rings. The lowest BCUT2D eigenvalue weighted by Crippen LogP contribution is -2.54. The normalized spacial score (nSPS) is 37.6. The molecule has 4 aliphatic rings. The molecule has 32 heavy (non-hydrogen) atoms. The fourth-order valence-electron chi connectivity index (χ4n) is 7.11. The maximum Gasteiger partial charge on any atom is 0.310 e. The van der Waals surface area contributed by atoms with Crippen LogP contribution in [-0.4, -0.2) is 56.3 Å². The number of hydrogen-bond acceptors (Lipinski definition) is 5. The molecule has 0 radical (unpaired) electrons. The van der Waals surface area contributed by atoms with Gasteiger partial charge in [-0.05, 0) is 62.5 Å². The van der Waals surface area contributed by atoms with Crippen LogP contribution >= 0.6 is 0 Å². The summed E-state index contributed by atoms with van der Waals surface area (Å²) in [5.41, 5.74) is 2.89. The van der Waals surface area contributed by atoms with Crippen LogP contribution < -0.4 is 9.64 Å². The van der Waals surface area contributed by atoms with Crippen molar-refractivity contribution in [3.8, 4) is 5.75 Å². The average molecular weight is 439 g/mol. The summed E-state index contributed by atoms with van der Waals surface area (Å²) in [6, 6.07) is 8.70. The SMILES string of the molecule is C=C1CCC[C@]2(C)C[C@H]3OC(=O)[C@@H](CN4CCN(c5cccc(OC)c5)[C@H](C)C4)[C@H]3C[C@H]12. The molecule has 0 bridgehead atoms. The summed E-state index contributed by atoms with van der Waals surface area (Å²) in [5.74, 6) is 1.84. The molecule has 2 saturated heterocycles. The van der Waals surface area contributed by atoms with Gasteiger partial charge in [-0.15, -0.1) is 0 Å². The maximum atomic E-state index is 12.9. The monoisotopic (exact) mass is 438 g/mol. The molecular formula is C27H38N2O3. The van der Waals surface area contributed by atoms with Gasteiger partial charge in [0, 0.05) is 49.9 Å². The van der Waals surface area contributed by atoms with Crippen molar-refractivity contribution in [1.29, 1.82) is 0 Å². The Labute approximate surface area is 192 Å². The molecule has 1 aromatic carbocycles. The lowest BCUT2D eigenvalue weighted by molar-refractivity contribution is -0.146. The Morgan fingerprint density at radius 3 is 2.94 bits per heavy atom. The van der Waals surface area contributed by atoms with E-state index in [1.54, 1.807) is 7.11 Å². The number of esters is 1. The molecule has 5 rings (SSSR count). The number of ether oxygens (including phenoxy) is 2. The molecule has 5 heteroatoms. The molecule has 0 amide bonds. The van der Waals surface area contributed by atoms with Crippen molar-refractivity contribution < 1.29 is 14.3 Å². The zero-order chi connectivity index (χ0) is 22.5. The number of fused-ring (bicyclic) bond motifs is 2. The highest BCUT2D eigenvalue weighted by Gasteiger charge is 2.55. The minimum Gasteiger partial charge on any atom is -0.497 e. The number of nitrogens with zero attached hydrogens (tertiary/aromatic N) is 2. The maximum absolute atomic E-state index is 12.9. The zero-order valence-electron chi connectivity index (χ0n) is 19.9. The molecule has 2 heterocycles. The van der Waals surface area contributed by atoms with E-state index in [2.05, 4.69) is 48.4 Å². The van der Waals surface area contributed by atoms with Gasteiger partial charge in [0.1, 0.15) is 11.9 Å². The number of benzene rings is 1. The predicted molar refractivity (Wildman–Crippen MR) is 127 cm³/mol. The summed E-state index contributed by atoms with van der Waals surface area (Å²) in [6.07, 6.45) is 5.83. The Morgan fingerprint density at radius 1 is 1.31 bits per heavy atom. The molecule has 174 valence electrons. The minimum atomic E-state index is 0.00912. The van der Waals surface area contributed by atoms with Crippen molar-refractivity contribution in [2.45, 2.75) is 58.1 Å². The van der Waals surface area contributed by atoms with Crippen LogP contribution in [0.3, 0.4) is 0 Å². The largest absolute Gasteiger partial charge is 0.497 e. The highest BCUT2D eigenvalue weighted by atomic mass is 16.6. The van der Waals surface area contributed by atoms with E-state index >= 15 is 0 Å². The summed E-state index contributed by atoms with van der Waals surface area (Å²) >= 11 is 0. The number of carbonyl (C=O) groups is 1. The van der Waals surface area contributed by atoms with Crippen molar-refractivity contribution in [2.24, 2.45) is 23.2 Å². The summed E-state index contributed by atoms with van der Waals surface area (Å²) in [5, 5.41) is 0. The highest BCUT2D eigenvalue weighted by molar-refractivity contribution is 5.75. The van der Waals surface area contributed by atoms with Crippen LogP contribution in [0.2, 0.25) is 0 Å². The van der Waals surface area contributed by atoms with Gasteiger partial charge in [0.15, 0.2) is 0 Å². The van der Waals surface area contributed by atoms with Crippen LogP contribution in [0.15, 0.2) is 36.4 Å². The summed E-state index contributed by atoms with van der Waals surface area (Å²) in [4.78, 5) is 17.9. The Bertz CT molecular complexity index is 885. The van der Waals surface area contributed by atoms with E-state index in [1.165, 1.54) is 24.1 Å². The van der Waals surface area contributed by atoms with Crippen molar-refractivity contribution in [1.82, 2.24) is 4.90 Å².